The number of nitrogens with zero attached hydrogens (tertiary/aromatic N) is 4. The molecule has 162 valence electrons. The van der Waals surface area contributed by atoms with Crippen LogP contribution in [-0.2, 0) is 11.3 Å². The van der Waals surface area contributed by atoms with Crippen LogP contribution in [0, 0.1) is 5.92 Å². The zero-order valence-electron chi connectivity index (χ0n) is 18.6. The third kappa shape index (κ3) is 5.38. The Kier molecular flexibility index (Phi) is 7.00. The molecule has 0 saturated carbocycles. The van der Waals surface area contributed by atoms with Gasteiger partial charge in [-0.2, -0.15) is 0 Å². The Morgan fingerprint density at radius 3 is 2.73 bits per heavy atom. The number of carbonyl (C=O) groups excluding carboxylic acids is 1. The van der Waals surface area contributed by atoms with E-state index in [2.05, 4.69) is 53.2 Å². The molecule has 30 heavy (non-hydrogen) atoms. The van der Waals surface area contributed by atoms with Crippen LogP contribution in [0.4, 0.5) is 0 Å². The number of aromatic nitrogens is 1. The summed E-state index contributed by atoms with van der Waals surface area (Å²) in [7, 11) is 4.18. The van der Waals surface area contributed by atoms with Crippen LogP contribution in [0.15, 0.2) is 36.4 Å². The first-order chi connectivity index (χ1) is 14.6. The van der Waals surface area contributed by atoms with Gasteiger partial charge in [0.2, 0.25) is 5.91 Å². The van der Waals surface area contributed by atoms with E-state index in [1.807, 2.05) is 11.9 Å². The van der Waals surface area contributed by atoms with Crippen LogP contribution in [0.3, 0.4) is 0 Å². The normalized spacial score (nSPS) is 21.7. The first-order valence-corrected chi connectivity index (χ1v) is 11.6. The standard InChI is InChI=1S/C25H36N4O/c1-27-16-13-23(14-17-27)28(2)25(30)12-9-20-6-5-15-29(18-20)19-22-11-10-21-7-3-4-8-24(21)26-22/h3-4,7-8,10-11,20,23H,5-6,9,12-19H2,1-2H3/t20-/m1/s1. The van der Waals surface area contributed by atoms with E-state index in [-0.39, 0.29) is 0 Å². The molecule has 3 heterocycles. The molecule has 0 aliphatic carbocycles. The molecule has 0 bridgehead atoms. The fraction of sp³-hybridized carbons (Fsp3) is 0.600. The Hall–Kier alpha value is -1.98. The molecule has 1 amide bonds. The van der Waals surface area contributed by atoms with Crippen LogP contribution >= 0.6 is 0 Å². The lowest BCUT2D eigenvalue weighted by Crippen LogP contribution is -2.44. The van der Waals surface area contributed by atoms with Crippen molar-refractivity contribution >= 4 is 16.8 Å². The fourth-order valence-electron chi connectivity index (χ4n) is 5.05. The van der Waals surface area contributed by atoms with E-state index >= 15 is 0 Å². The van der Waals surface area contributed by atoms with E-state index in [9.17, 15) is 4.79 Å². The van der Waals surface area contributed by atoms with Crippen LogP contribution < -0.4 is 0 Å². The molecular weight excluding hydrogens is 372 g/mol. The van der Waals surface area contributed by atoms with Gasteiger partial charge in [0.05, 0.1) is 11.2 Å². The summed E-state index contributed by atoms with van der Waals surface area (Å²) in [6.45, 7) is 5.32. The average Bonchev–Trinajstić information content (AvgIpc) is 2.78. The Labute approximate surface area is 181 Å². The Morgan fingerprint density at radius 2 is 1.90 bits per heavy atom. The van der Waals surface area contributed by atoms with Gasteiger partial charge in [-0.3, -0.25) is 14.7 Å². The number of carbonyl (C=O) groups is 1. The summed E-state index contributed by atoms with van der Waals surface area (Å²) >= 11 is 0. The van der Waals surface area contributed by atoms with Gasteiger partial charge in [0.1, 0.15) is 0 Å². The van der Waals surface area contributed by atoms with Gasteiger partial charge in [-0.25, -0.2) is 0 Å². The quantitative estimate of drug-likeness (QED) is 0.729. The van der Waals surface area contributed by atoms with Gasteiger partial charge in [-0.15, -0.1) is 0 Å². The second kappa shape index (κ2) is 9.88. The maximum atomic E-state index is 12.8. The highest BCUT2D eigenvalue weighted by Gasteiger charge is 2.26. The van der Waals surface area contributed by atoms with Crippen LogP contribution in [-0.4, -0.2) is 71.9 Å². The minimum Gasteiger partial charge on any atom is -0.343 e. The monoisotopic (exact) mass is 408 g/mol. The number of hydrogen-bond donors (Lipinski definition) is 0. The summed E-state index contributed by atoms with van der Waals surface area (Å²) in [6.07, 6.45) is 6.38. The number of pyridine rings is 1. The second-order valence-electron chi connectivity index (χ2n) is 9.32. The minimum absolute atomic E-state index is 0.331. The van der Waals surface area contributed by atoms with Gasteiger partial charge in [0, 0.05) is 38.0 Å². The van der Waals surface area contributed by atoms with E-state index < -0.39 is 0 Å². The largest absolute Gasteiger partial charge is 0.343 e. The smallest absolute Gasteiger partial charge is 0.222 e. The molecule has 5 heteroatoms. The lowest BCUT2D eigenvalue weighted by molar-refractivity contribution is -0.133. The van der Waals surface area contributed by atoms with E-state index in [4.69, 9.17) is 4.98 Å². The summed E-state index contributed by atoms with van der Waals surface area (Å²) in [5, 5.41) is 1.20. The summed E-state index contributed by atoms with van der Waals surface area (Å²) in [6, 6.07) is 13.1. The molecule has 2 aliphatic heterocycles. The van der Waals surface area contributed by atoms with Gasteiger partial charge >= 0.3 is 0 Å². The number of benzene rings is 1. The molecule has 0 N–H and O–H groups in total. The Balaban J connectivity index is 1.25. The summed E-state index contributed by atoms with van der Waals surface area (Å²) in [5.41, 5.74) is 2.22. The second-order valence-corrected chi connectivity index (χ2v) is 9.32. The Bertz CT molecular complexity index is 846. The molecule has 2 fully saturated rings. The molecule has 1 aromatic carbocycles. The molecular formula is C25H36N4O. The van der Waals surface area contributed by atoms with Crippen molar-refractivity contribution in [3.8, 4) is 0 Å². The maximum Gasteiger partial charge on any atom is 0.222 e. The van der Waals surface area contributed by atoms with Crippen molar-refractivity contribution in [1.29, 1.82) is 0 Å². The molecule has 5 nitrogen and oxygen atoms in total. The number of piperidine rings is 2. The van der Waals surface area contributed by atoms with Gasteiger partial charge in [-0.05, 0) is 76.8 Å². The Morgan fingerprint density at radius 1 is 1.10 bits per heavy atom. The zero-order chi connectivity index (χ0) is 20.9. The SMILES string of the molecule is CN1CCC(N(C)C(=O)CC[C@H]2CCCN(Cc3ccc4ccccc4n3)C2)CC1. The maximum absolute atomic E-state index is 12.8. The van der Waals surface area contributed by atoms with Gasteiger partial charge in [0.25, 0.3) is 0 Å². The van der Waals surface area contributed by atoms with E-state index in [0.717, 1.165) is 63.2 Å². The lowest BCUT2D eigenvalue weighted by atomic mass is 9.92. The lowest BCUT2D eigenvalue weighted by Gasteiger charge is -2.36. The topological polar surface area (TPSA) is 39.7 Å². The molecule has 4 rings (SSSR count). The number of para-hydroxylation sites is 1. The molecule has 1 atom stereocenters. The van der Waals surface area contributed by atoms with Gasteiger partial charge in [-0.1, -0.05) is 24.3 Å². The molecule has 2 saturated heterocycles. The number of rotatable bonds is 6. The minimum atomic E-state index is 0.331. The highest BCUT2D eigenvalue weighted by molar-refractivity contribution is 5.78. The van der Waals surface area contributed by atoms with Crippen molar-refractivity contribution in [2.75, 3.05) is 40.3 Å². The summed E-state index contributed by atoms with van der Waals surface area (Å²) < 4.78 is 0. The molecule has 0 unspecified atom stereocenters. The highest BCUT2D eigenvalue weighted by atomic mass is 16.2. The van der Waals surface area contributed by atoms with Crippen molar-refractivity contribution in [2.45, 2.75) is 51.1 Å². The fourth-order valence-corrected chi connectivity index (χ4v) is 5.05. The third-order valence-corrected chi connectivity index (χ3v) is 7.04. The zero-order valence-corrected chi connectivity index (χ0v) is 18.6. The van der Waals surface area contributed by atoms with E-state index in [1.165, 1.54) is 18.2 Å². The van der Waals surface area contributed by atoms with Gasteiger partial charge in [0.15, 0.2) is 0 Å². The predicted molar refractivity (Wildman–Crippen MR) is 122 cm³/mol. The molecule has 2 aliphatic rings. The van der Waals surface area contributed by atoms with E-state index in [0.29, 0.717) is 24.3 Å². The molecule has 0 spiro atoms. The van der Waals surface area contributed by atoms with Gasteiger partial charge < -0.3 is 9.80 Å². The first kappa shape index (κ1) is 21.3. The molecule has 1 aromatic heterocycles. The van der Waals surface area contributed by atoms with Crippen LogP contribution in [0.1, 0.15) is 44.2 Å². The van der Waals surface area contributed by atoms with Crippen molar-refractivity contribution < 1.29 is 4.79 Å². The highest BCUT2D eigenvalue weighted by Crippen LogP contribution is 2.24. The number of fused-ring (bicyclic) bond motifs is 1. The van der Waals surface area contributed by atoms with Crippen LogP contribution in [0.25, 0.3) is 10.9 Å². The summed E-state index contributed by atoms with van der Waals surface area (Å²) in [4.78, 5) is 24.5. The van der Waals surface area contributed by atoms with Crippen LogP contribution in [0.5, 0.6) is 0 Å². The van der Waals surface area contributed by atoms with E-state index in [1.54, 1.807) is 0 Å². The third-order valence-electron chi connectivity index (χ3n) is 7.04. The molecule has 0 radical (unpaired) electrons. The predicted octanol–water partition coefficient (Wildman–Crippen LogP) is 3.78. The average molecular weight is 409 g/mol. The number of amides is 1. The van der Waals surface area contributed by atoms with Crippen molar-refractivity contribution in [1.82, 2.24) is 19.7 Å². The van der Waals surface area contributed by atoms with Crippen molar-refractivity contribution in [3.63, 3.8) is 0 Å². The first-order valence-electron chi connectivity index (χ1n) is 11.6. The van der Waals surface area contributed by atoms with Crippen molar-refractivity contribution in [2.24, 2.45) is 5.92 Å². The van der Waals surface area contributed by atoms with Crippen molar-refractivity contribution in [3.05, 3.63) is 42.1 Å². The van der Waals surface area contributed by atoms with Crippen LogP contribution in [0.2, 0.25) is 0 Å². The number of hydrogen-bond acceptors (Lipinski definition) is 4. The molecule has 2 aromatic rings. The summed E-state index contributed by atoms with van der Waals surface area (Å²) in [5.74, 6) is 0.951. The number of likely N-dealkylation sites (tertiary alicyclic amines) is 2.